The molecule has 2 aromatic heterocycles. The lowest BCUT2D eigenvalue weighted by Crippen LogP contribution is -2.24. The summed E-state index contributed by atoms with van der Waals surface area (Å²) in [7, 11) is 0. The molecule has 1 amide bonds. The summed E-state index contributed by atoms with van der Waals surface area (Å²) >= 11 is 1.54. The lowest BCUT2D eigenvalue weighted by atomic mass is 10.1. The largest absolute Gasteiger partial charge is 0.352 e. The maximum Gasteiger partial charge on any atom is 0.226 e. The summed E-state index contributed by atoms with van der Waals surface area (Å²) in [6.45, 7) is 0.451. The lowest BCUT2D eigenvalue weighted by molar-refractivity contribution is -0.120. The molecule has 21 heavy (non-hydrogen) atoms. The van der Waals surface area contributed by atoms with Crippen LogP contribution in [0.1, 0.15) is 16.8 Å². The fourth-order valence-electron chi connectivity index (χ4n) is 1.99. The van der Waals surface area contributed by atoms with E-state index in [2.05, 4.69) is 16.4 Å². The van der Waals surface area contributed by atoms with Gasteiger partial charge in [-0.25, -0.2) is 4.98 Å². The normalized spacial score (nSPS) is 10.4. The molecule has 0 atom stereocenters. The first-order valence-electron chi connectivity index (χ1n) is 6.41. The van der Waals surface area contributed by atoms with Crippen LogP contribution >= 0.6 is 11.3 Å². The summed E-state index contributed by atoms with van der Waals surface area (Å²) in [5.41, 5.74) is 2.34. The van der Waals surface area contributed by atoms with Crippen molar-refractivity contribution in [1.29, 1.82) is 5.26 Å². The van der Waals surface area contributed by atoms with Crippen LogP contribution in [0.15, 0.2) is 42.0 Å². The SMILES string of the molecule is N#Cc1ccc(CNC(=O)Cc2cn3ccsc3n2)cc1. The fourth-order valence-corrected chi connectivity index (χ4v) is 2.70. The topological polar surface area (TPSA) is 70.2 Å². The summed E-state index contributed by atoms with van der Waals surface area (Å²) in [6.07, 6.45) is 4.06. The molecule has 1 aromatic carbocycles. The zero-order chi connectivity index (χ0) is 14.7. The lowest BCUT2D eigenvalue weighted by Gasteiger charge is -2.04. The van der Waals surface area contributed by atoms with Crippen molar-refractivity contribution < 1.29 is 4.79 Å². The number of carbonyl (C=O) groups excluding carboxylic acids is 1. The third-order valence-electron chi connectivity index (χ3n) is 3.06. The summed E-state index contributed by atoms with van der Waals surface area (Å²) in [5.74, 6) is -0.0647. The number of nitriles is 1. The third kappa shape index (κ3) is 3.09. The van der Waals surface area contributed by atoms with Crippen LogP contribution in [-0.2, 0) is 17.8 Å². The molecule has 0 unspecified atom stereocenters. The predicted molar refractivity (Wildman–Crippen MR) is 79.8 cm³/mol. The van der Waals surface area contributed by atoms with Crippen molar-refractivity contribution in [2.24, 2.45) is 0 Å². The first-order valence-corrected chi connectivity index (χ1v) is 7.29. The molecule has 104 valence electrons. The average molecular weight is 296 g/mol. The van der Waals surface area contributed by atoms with Gasteiger partial charge in [-0.3, -0.25) is 9.20 Å². The second kappa shape index (κ2) is 5.77. The molecule has 0 aliphatic carbocycles. The summed E-state index contributed by atoms with van der Waals surface area (Å²) in [6, 6.07) is 9.22. The maximum atomic E-state index is 11.9. The van der Waals surface area contributed by atoms with E-state index in [1.54, 1.807) is 23.5 Å². The number of imidazole rings is 1. The zero-order valence-electron chi connectivity index (χ0n) is 11.1. The average Bonchev–Trinajstić information content (AvgIpc) is 3.07. The van der Waals surface area contributed by atoms with Gasteiger partial charge in [0, 0.05) is 24.3 Å². The Labute approximate surface area is 125 Å². The van der Waals surface area contributed by atoms with Crippen LogP contribution in [0.25, 0.3) is 4.96 Å². The number of aromatic nitrogens is 2. The first-order chi connectivity index (χ1) is 10.2. The van der Waals surface area contributed by atoms with Crippen LogP contribution < -0.4 is 5.32 Å². The Bertz CT molecular complexity index is 782. The van der Waals surface area contributed by atoms with Crippen LogP contribution in [0.3, 0.4) is 0 Å². The number of carbonyl (C=O) groups is 1. The quantitative estimate of drug-likeness (QED) is 0.801. The molecule has 0 radical (unpaired) electrons. The van der Waals surface area contributed by atoms with Gasteiger partial charge in [-0.15, -0.1) is 11.3 Å². The van der Waals surface area contributed by atoms with Crippen LogP contribution in [0.5, 0.6) is 0 Å². The van der Waals surface area contributed by atoms with E-state index < -0.39 is 0 Å². The molecular formula is C15H12N4OS. The van der Waals surface area contributed by atoms with Gasteiger partial charge in [-0.1, -0.05) is 12.1 Å². The first kappa shape index (κ1) is 13.3. The fraction of sp³-hybridized carbons (Fsp3) is 0.133. The van der Waals surface area contributed by atoms with Gasteiger partial charge >= 0.3 is 0 Å². The van der Waals surface area contributed by atoms with E-state index in [4.69, 9.17) is 5.26 Å². The molecule has 0 saturated carbocycles. The van der Waals surface area contributed by atoms with Crippen LogP contribution in [0.2, 0.25) is 0 Å². The Balaban J connectivity index is 1.56. The second-order valence-electron chi connectivity index (χ2n) is 4.59. The van der Waals surface area contributed by atoms with Crippen molar-refractivity contribution in [1.82, 2.24) is 14.7 Å². The summed E-state index contributed by atoms with van der Waals surface area (Å²) in [5, 5.41) is 13.5. The highest BCUT2D eigenvalue weighted by Gasteiger charge is 2.08. The number of hydrogen-bond acceptors (Lipinski definition) is 4. The molecule has 2 heterocycles. The third-order valence-corrected chi connectivity index (χ3v) is 3.83. The highest BCUT2D eigenvalue weighted by Crippen LogP contribution is 2.11. The van der Waals surface area contributed by atoms with Crippen LogP contribution in [0.4, 0.5) is 0 Å². The molecule has 1 N–H and O–H groups in total. The highest BCUT2D eigenvalue weighted by molar-refractivity contribution is 7.15. The molecule has 6 heteroatoms. The summed E-state index contributed by atoms with van der Waals surface area (Å²) < 4.78 is 1.91. The monoisotopic (exact) mass is 296 g/mol. The van der Waals surface area contributed by atoms with Gasteiger partial charge in [-0.2, -0.15) is 5.26 Å². The Morgan fingerprint density at radius 1 is 1.38 bits per heavy atom. The van der Waals surface area contributed by atoms with Gasteiger partial charge in [0.2, 0.25) is 5.91 Å². The van der Waals surface area contributed by atoms with E-state index in [1.807, 2.05) is 34.3 Å². The van der Waals surface area contributed by atoms with Crippen LogP contribution in [-0.4, -0.2) is 15.3 Å². The van der Waals surface area contributed by atoms with E-state index in [1.165, 1.54) is 0 Å². The molecule has 3 rings (SSSR count). The minimum Gasteiger partial charge on any atom is -0.352 e. The Morgan fingerprint density at radius 2 is 2.19 bits per heavy atom. The minimum absolute atomic E-state index is 0.0647. The van der Waals surface area contributed by atoms with Crippen molar-refractivity contribution in [3.63, 3.8) is 0 Å². The van der Waals surface area contributed by atoms with Gasteiger partial charge < -0.3 is 5.32 Å². The Morgan fingerprint density at radius 3 is 2.90 bits per heavy atom. The highest BCUT2D eigenvalue weighted by atomic mass is 32.1. The zero-order valence-corrected chi connectivity index (χ0v) is 11.9. The standard InChI is InChI=1S/C15H12N4OS/c16-8-11-1-3-12(4-2-11)9-17-14(20)7-13-10-19-5-6-21-15(19)18-13/h1-6,10H,7,9H2,(H,17,20). The van der Waals surface area contributed by atoms with E-state index in [-0.39, 0.29) is 12.3 Å². The van der Waals surface area contributed by atoms with Crippen molar-refractivity contribution in [3.8, 4) is 6.07 Å². The smallest absolute Gasteiger partial charge is 0.226 e. The number of benzene rings is 1. The molecule has 0 spiro atoms. The van der Waals surface area contributed by atoms with E-state index in [0.717, 1.165) is 16.2 Å². The minimum atomic E-state index is -0.0647. The molecule has 0 aliphatic rings. The molecule has 3 aromatic rings. The number of nitrogens with one attached hydrogen (secondary N) is 1. The number of fused-ring (bicyclic) bond motifs is 1. The van der Waals surface area contributed by atoms with Gasteiger partial charge in [0.25, 0.3) is 0 Å². The molecule has 0 fully saturated rings. The Kier molecular flexibility index (Phi) is 3.67. The molecular weight excluding hydrogens is 284 g/mol. The van der Waals surface area contributed by atoms with E-state index >= 15 is 0 Å². The van der Waals surface area contributed by atoms with Gasteiger partial charge in [0.1, 0.15) is 0 Å². The van der Waals surface area contributed by atoms with Crippen molar-refractivity contribution in [2.75, 3.05) is 0 Å². The number of hydrogen-bond donors (Lipinski definition) is 1. The number of amides is 1. The molecule has 0 saturated heterocycles. The van der Waals surface area contributed by atoms with Crippen molar-refractivity contribution in [3.05, 3.63) is 58.9 Å². The number of rotatable bonds is 4. The van der Waals surface area contributed by atoms with Crippen molar-refractivity contribution in [2.45, 2.75) is 13.0 Å². The van der Waals surface area contributed by atoms with E-state index in [0.29, 0.717) is 12.1 Å². The van der Waals surface area contributed by atoms with Gasteiger partial charge in [0.15, 0.2) is 4.96 Å². The molecule has 0 bridgehead atoms. The van der Waals surface area contributed by atoms with E-state index in [9.17, 15) is 4.79 Å². The predicted octanol–water partition coefficient (Wildman–Crippen LogP) is 2.13. The maximum absolute atomic E-state index is 11.9. The Hall–Kier alpha value is -2.65. The van der Waals surface area contributed by atoms with Gasteiger partial charge in [-0.05, 0) is 17.7 Å². The number of thiazole rings is 1. The summed E-state index contributed by atoms with van der Waals surface area (Å²) in [4.78, 5) is 17.2. The number of nitrogens with zero attached hydrogens (tertiary/aromatic N) is 3. The molecule has 5 nitrogen and oxygen atoms in total. The van der Waals surface area contributed by atoms with Crippen molar-refractivity contribution >= 4 is 22.2 Å². The van der Waals surface area contributed by atoms with Crippen LogP contribution in [0, 0.1) is 11.3 Å². The molecule has 0 aliphatic heterocycles. The van der Waals surface area contributed by atoms with Gasteiger partial charge in [0.05, 0.1) is 23.7 Å². The second-order valence-corrected chi connectivity index (χ2v) is 5.46.